The molecule has 1 aliphatic carbocycles. The fourth-order valence-corrected chi connectivity index (χ4v) is 4.33. The summed E-state index contributed by atoms with van der Waals surface area (Å²) in [6.07, 6.45) is 15.8. The van der Waals surface area contributed by atoms with Gasteiger partial charge < -0.3 is 4.90 Å². The highest BCUT2D eigenvalue weighted by Gasteiger charge is 2.25. The molecule has 0 aromatic rings. The molecular formula is C18H35BrN2. The van der Waals surface area contributed by atoms with Gasteiger partial charge in [0, 0.05) is 37.6 Å². The maximum absolute atomic E-state index is 3.50. The largest absolute Gasteiger partial charge is 0.301 e. The van der Waals surface area contributed by atoms with Crippen LogP contribution >= 0.6 is 15.9 Å². The number of hydrogen-bond acceptors (Lipinski definition) is 2. The predicted molar refractivity (Wildman–Crippen MR) is 96.4 cm³/mol. The highest BCUT2D eigenvalue weighted by atomic mass is 79.9. The predicted octanol–water partition coefficient (Wildman–Crippen LogP) is 4.67. The number of unbranched alkanes of at least 4 members (excludes halogenated alkanes) is 6. The van der Waals surface area contributed by atoms with Crippen LogP contribution in [0.3, 0.4) is 0 Å². The van der Waals surface area contributed by atoms with Crippen LogP contribution in [0.1, 0.15) is 70.6 Å². The highest BCUT2D eigenvalue weighted by molar-refractivity contribution is 9.09. The van der Waals surface area contributed by atoms with Crippen LogP contribution < -0.4 is 0 Å². The van der Waals surface area contributed by atoms with Crippen LogP contribution in [-0.4, -0.2) is 53.9 Å². The van der Waals surface area contributed by atoms with Crippen molar-refractivity contribution in [1.82, 2.24) is 9.80 Å². The smallest absolute Gasteiger partial charge is 0.0113 e. The van der Waals surface area contributed by atoms with Gasteiger partial charge in [0.2, 0.25) is 0 Å². The Hall–Kier alpha value is 0.400. The minimum absolute atomic E-state index is 0.937. The quantitative estimate of drug-likeness (QED) is 0.413. The first-order valence-electron chi connectivity index (χ1n) is 9.42. The summed E-state index contributed by atoms with van der Waals surface area (Å²) >= 11 is 3.50. The Balaban J connectivity index is 1.42. The fraction of sp³-hybridized carbons (Fsp3) is 1.00. The van der Waals surface area contributed by atoms with Gasteiger partial charge in [-0.3, -0.25) is 4.90 Å². The van der Waals surface area contributed by atoms with Crippen molar-refractivity contribution in [2.75, 3.05) is 38.1 Å². The second-order valence-corrected chi connectivity index (χ2v) is 7.77. The minimum atomic E-state index is 0.937. The molecule has 1 saturated heterocycles. The van der Waals surface area contributed by atoms with Crippen molar-refractivity contribution in [1.29, 1.82) is 0 Å². The number of hydrogen-bond donors (Lipinski definition) is 0. The Bertz CT molecular complexity index is 246. The average Bonchev–Trinajstić information content (AvgIpc) is 3.05. The Morgan fingerprint density at radius 3 is 1.90 bits per heavy atom. The Morgan fingerprint density at radius 1 is 0.714 bits per heavy atom. The molecule has 0 aromatic carbocycles. The number of piperazine rings is 1. The minimum Gasteiger partial charge on any atom is -0.301 e. The topological polar surface area (TPSA) is 6.48 Å². The molecule has 0 unspecified atom stereocenters. The Kier molecular flexibility index (Phi) is 9.31. The molecule has 0 aromatic heterocycles. The van der Waals surface area contributed by atoms with E-state index in [1.54, 1.807) is 0 Å². The lowest BCUT2D eigenvalue weighted by atomic mass is 10.1. The SMILES string of the molecule is BrCCCCCCCCCN1CCN(C2CCCC2)CC1. The zero-order valence-electron chi connectivity index (χ0n) is 13.9. The maximum atomic E-state index is 3.50. The zero-order valence-corrected chi connectivity index (χ0v) is 15.5. The third-order valence-corrected chi connectivity index (χ3v) is 5.92. The van der Waals surface area contributed by atoms with E-state index in [1.807, 2.05) is 0 Å². The number of halogens is 1. The van der Waals surface area contributed by atoms with E-state index in [0.717, 1.165) is 6.04 Å². The van der Waals surface area contributed by atoms with Crippen LogP contribution in [0.4, 0.5) is 0 Å². The molecule has 2 aliphatic rings. The van der Waals surface area contributed by atoms with Gasteiger partial charge in [-0.2, -0.15) is 0 Å². The molecule has 0 N–H and O–H groups in total. The lowest BCUT2D eigenvalue weighted by molar-refractivity contribution is 0.0967. The molecule has 0 radical (unpaired) electrons. The normalized spacial score (nSPS) is 22.1. The van der Waals surface area contributed by atoms with Crippen molar-refractivity contribution in [3.05, 3.63) is 0 Å². The van der Waals surface area contributed by atoms with Gasteiger partial charge in [0.25, 0.3) is 0 Å². The van der Waals surface area contributed by atoms with E-state index in [2.05, 4.69) is 25.7 Å². The number of nitrogens with zero attached hydrogens (tertiary/aromatic N) is 2. The third kappa shape index (κ3) is 7.00. The van der Waals surface area contributed by atoms with Gasteiger partial charge in [-0.25, -0.2) is 0 Å². The molecule has 0 atom stereocenters. The summed E-state index contributed by atoms with van der Waals surface area (Å²) in [5.41, 5.74) is 0. The molecule has 0 spiro atoms. The van der Waals surface area contributed by atoms with Gasteiger partial charge in [-0.15, -0.1) is 0 Å². The first-order chi connectivity index (χ1) is 10.4. The number of rotatable bonds is 10. The van der Waals surface area contributed by atoms with Gasteiger partial charge >= 0.3 is 0 Å². The van der Waals surface area contributed by atoms with Gasteiger partial charge in [0.05, 0.1) is 0 Å². The van der Waals surface area contributed by atoms with Crippen molar-refractivity contribution < 1.29 is 0 Å². The zero-order chi connectivity index (χ0) is 14.8. The average molecular weight is 359 g/mol. The van der Waals surface area contributed by atoms with Crippen molar-refractivity contribution in [3.8, 4) is 0 Å². The van der Waals surface area contributed by atoms with Crippen LogP contribution in [0, 0.1) is 0 Å². The van der Waals surface area contributed by atoms with Gasteiger partial charge in [0.1, 0.15) is 0 Å². The molecule has 2 rings (SSSR count). The van der Waals surface area contributed by atoms with E-state index >= 15 is 0 Å². The lowest BCUT2D eigenvalue weighted by Crippen LogP contribution is -2.49. The summed E-state index contributed by atoms with van der Waals surface area (Å²) in [6.45, 7) is 6.65. The molecule has 1 saturated carbocycles. The second kappa shape index (κ2) is 11.0. The van der Waals surface area contributed by atoms with E-state index in [-0.39, 0.29) is 0 Å². The Morgan fingerprint density at radius 2 is 1.29 bits per heavy atom. The molecule has 0 bridgehead atoms. The van der Waals surface area contributed by atoms with Crippen LogP contribution in [-0.2, 0) is 0 Å². The molecule has 1 heterocycles. The molecular weight excluding hydrogens is 324 g/mol. The van der Waals surface area contributed by atoms with Crippen molar-refractivity contribution in [2.45, 2.75) is 76.7 Å². The van der Waals surface area contributed by atoms with Gasteiger partial charge in [0.15, 0.2) is 0 Å². The number of alkyl halides is 1. The summed E-state index contributed by atoms with van der Waals surface area (Å²) in [5, 5.41) is 1.18. The maximum Gasteiger partial charge on any atom is 0.0113 e. The first kappa shape index (κ1) is 17.7. The highest BCUT2D eigenvalue weighted by Crippen LogP contribution is 2.24. The van der Waals surface area contributed by atoms with E-state index in [1.165, 1.54) is 109 Å². The molecule has 21 heavy (non-hydrogen) atoms. The van der Waals surface area contributed by atoms with E-state index in [9.17, 15) is 0 Å². The molecule has 2 fully saturated rings. The van der Waals surface area contributed by atoms with E-state index in [0.29, 0.717) is 0 Å². The second-order valence-electron chi connectivity index (χ2n) is 6.98. The monoisotopic (exact) mass is 358 g/mol. The summed E-state index contributed by atoms with van der Waals surface area (Å²) in [7, 11) is 0. The standard InChI is InChI=1S/C18H35BrN2/c19-12-8-4-2-1-3-5-9-13-20-14-16-21(17-15-20)18-10-6-7-11-18/h18H,1-17H2. The lowest BCUT2D eigenvalue weighted by Gasteiger charge is -2.38. The van der Waals surface area contributed by atoms with Crippen LogP contribution in [0.5, 0.6) is 0 Å². The summed E-state index contributed by atoms with van der Waals surface area (Å²) in [4.78, 5) is 5.48. The summed E-state index contributed by atoms with van der Waals surface area (Å²) in [5.74, 6) is 0. The van der Waals surface area contributed by atoms with Gasteiger partial charge in [-0.05, 0) is 32.2 Å². The van der Waals surface area contributed by atoms with E-state index in [4.69, 9.17) is 0 Å². The molecule has 1 aliphatic heterocycles. The molecule has 124 valence electrons. The summed E-state index contributed by atoms with van der Waals surface area (Å²) < 4.78 is 0. The summed E-state index contributed by atoms with van der Waals surface area (Å²) in [6, 6.07) is 0.937. The molecule has 2 nitrogen and oxygen atoms in total. The Labute approximate surface area is 140 Å². The van der Waals surface area contributed by atoms with E-state index < -0.39 is 0 Å². The van der Waals surface area contributed by atoms with Crippen molar-refractivity contribution in [3.63, 3.8) is 0 Å². The first-order valence-corrected chi connectivity index (χ1v) is 10.5. The van der Waals surface area contributed by atoms with Crippen molar-refractivity contribution in [2.24, 2.45) is 0 Å². The fourth-order valence-electron chi connectivity index (χ4n) is 3.94. The van der Waals surface area contributed by atoms with Crippen molar-refractivity contribution >= 4 is 15.9 Å². The van der Waals surface area contributed by atoms with Crippen LogP contribution in [0.2, 0.25) is 0 Å². The third-order valence-electron chi connectivity index (χ3n) is 5.36. The molecule has 3 heteroatoms. The van der Waals surface area contributed by atoms with Crippen LogP contribution in [0.25, 0.3) is 0 Å². The van der Waals surface area contributed by atoms with Crippen LogP contribution in [0.15, 0.2) is 0 Å². The molecule has 0 amide bonds. The van der Waals surface area contributed by atoms with Gasteiger partial charge in [-0.1, -0.05) is 60.9 Å².